The van der Waals surface area contributed by atoms with Crippen LogP contribution < -0.4 is 4.90 Å². The van der Waals surface area contributed by atoms with Gasteiger partial charge in [-0.1, -0.05) is 30.7 Å². The van der Waals surface area contributed by atoms with Crippen LogP contribution in [0.3, 0.4) is 0 Å². The van der Waals surface area contributed by atoms with E-state index in [-0.39, 0.29) is 0 Å². The van der Waals surface area contributed by atoms with Crippen molar-refractivity contribution in [1.29, 1.82) is 0 Å². The fourth-order valence-corrected chi connectivity index (χ4v) is 2.72. The Morgan fingerprint density at radius 2 is 1.83 bits per heavy atom. The fraction of sp³-hybridized carbons (Fsp3) is 0.571. The van der Waals surface area contributed by atoms with Gasteiger partial charge in [-0.3, -0.25) is 4.90 Å². The highest BCUT2D eigenvalue weighted by Crippen LogP contribution is 2.26. The van der Waals surface area contributed by atoms with E-state index in [1.54, 1.807) is 0 Å². The molecule has 0 bridgehead atoms. The third-order valence-corrected chi connectivity index (χ3v) is 4.25. The minimum atomic E-state index is 0.568. The lowest BCUT2D eigenvalue weighted by molar-refractivity contribution is 0.232. The Hall–Kier alpha value is -0.440. The Kier molecular flexibility index (Phi) is 5.16. The van der Waals surface area contributed by atoms with Crippen LogP contribution in [0, 0.1) is 5.92 Å². The molecule has 1 fully saturated rings. The zero-order chi connectivity index (χ0) is 13.0. The van der Waals surface area contributed by atoms with Gasteiger partial charge >= 0.3 is 0 Å². The number of rotatable bonds is 4. The van der Waals surface area contributed by atoms with Crippen LogP contribution in [0.4, 0.5) is 5.69 Å². The SMILES string of the molecule is CC(CCl)CN1CCN(c2ccccc2Cl)CC1. The molecule has 1 saturated heterocycles. The van der Waals surface area contributed by atoms with E-state index >= 15 is 0 Å². The Balaban J connectivity index is 1.89. The van der Waals surface area contributed by atoms with Gasteiger partial charge in [0.2, 0.25) is 0 Å². The van der Waals surface area contributed by atoms with E-state index in [9.17, 15) is 0 Å². The van der Waals surface area contributed by atoms with Gasteiger partial charge in [-0.2, -0.15) is 0 Å². The molecule has 1 unspecified atom stereocenters. The summed E-state index contributed by atoms with van der Waals surface area (Å²) in [5.74, 6) is 1.31. The van der Waals surface area contributed by atoms with Crippen molar-refractivity contribution in [2.45, 2.75) is 6.92 Å². The molecular weight excluding hydrogens is 267 g/mol. The minimum Gasteiger partial charge on any atom is -0.368 e. The predicted molar refractivity (Wildman–Crippen MR) is 80.0 cm³/mol. The summed E-state index contributed by atoms with van der Waals surface area (Å²) in [5.41, 5.74) is 1.16. The molecule has 1 aliphatic heterocycles. The first-order valence-corrected chi connectivity index (χ1v) is 7.39. The molecule has 0 saturated carbocycles. The van der Waals surface area contributed by atoms with Gasteiger partial charge in [0.1, 0.15) is 0 Å². The number of nitrogens with zero attached hydrogens (tertiary/aromatic N) is 2. The van der Waals surface area contributed by atoms with Gasteiger partial charge in [-0.15, -0.1) is 11.6 Å². The molecule has 4 heteroatoms. The number of para-hydroxylation sites is 1. The number of piperazine rings is 1. The van der Waals surface area contributed by atoms with Crippen molar-refractivity contribution >= 4 is 28.9 Å². The molecule has 2 rings (SSSR count). The van der Waals surface area contributed by atoms with Crippen molar-refractivity contribution in [3.63, 3.8) is 0 Å². The molecule has 0 spiro atoms. The monoisotopic (exact) mass is 286 g/mol. The largest absolute Gasteiger partial charge is 0.368 e. The van der Waals surface area contributed by atoms with E-state index in [2.05, 4.69) is 22.8 Å². The van der Waals surface area contributed by atoms with Gasteiger partial charge in [0.05, 0.1) is 10.7 Å². The molecule has 2 nitrogen and oxygen atoms in total. The van der Waals surface area contributed by atoms with Crippen LogP contribution in [-0.2, 0) is 0 Å². The Bertz CT molecular complexity index is 376. The number of benzene rings is 1. The molecular formula is C14H20Cl2N2. The standard InChI is InChI=1S/C14H20Cl2N2/c1-12(10-15)11-17-6-8-18(9-7-17)14-5-3-2-4-13(14)16/h2-5,12H,6-11H2,1H3. The number of anilines is 1. The molecule has 0 aliphatic carbocycles. The molecule has 100 valence electrons. The van der Waals surface area contributed by atoms with Crippen LogP contribution in [0.1, 0.15) is 6.92 Å². The quantitative estimate of drug-likeness (QED) is 0.784. The first-order valence-electron chi connectivity index (χ1n) is 6.48. The third-order valence-electron chi connectivity index (χ3n) is 3.40. The van der Waals surface area contributed by atoms with Crippen LogP contribution >= 0.6 is 23.2 Å². The zero-order valence-corrected chi connectivity index (χ0v) is 12.3. The minimum absolute atomic E-state index is 0.568. The third kappa shape index (κ3) is 3.53. The summed E-state index contributed by atoms with van der Waals surface area (Å²) in [4.78, 5) is 4.85. The molecule has 1 heterocycles. The molecule has 1 aliphatic rings. The van der Waals surface area contributed by atoms with Crippen LogP contribution in [0.2, 0.25) is 5.02 Å². The fourth-order valence-electron chi connectivity index (χ4n) is 2.37. The van der Waals surface area contributed by atoms with E-state index < -0.39 is 0 Å². The maximum atomic E-state index is 6.23. The Morgan fingerprint density at radius 1 is 1.17 bits per heavy atom. The lowest BCUT2D eigenvalue weighted by atomic mass is 10.2. The Morgan fingerprint density at radius 3 is 2.44 bits per heavy atom. The van der Waals surface area contributed by atoms with Crippen molar-refractivity contribution in [2.24, 2.45) is 5.92 Å². The topological polar surface area (TPSA) is 6.48 Å². The van der Waals surface area contributed by atoms with Gasteiger partial charge in [0.15, 0.2) is 0 Å². The van der Waals surface area contributed by atoms with Crippen molar-refractivity contribution in [1.82, 2.24) is 4.90 Å². The number of hydrogen-bond donors (Lipinski definition) is 0. The lowest BCUT2D eigenvalue weighted by Crippen LogP contribution is -2.47. The molecule has 0 aromatic heterocycles. The molecule has 0 radical (unpaired) electrons. The highest BCUT2D eigenvalue weighted by Gasteiger charge is 2.19. The molecule has 1 atom stereocenters. The number of alkyl halides is 1. The van der Waals surface area contributed by atoms with Crippen LogP contribution in [-0.4, -0.2) is 43.5 Å². The summed E-state index contributed by atoms with van der Waals surface area (Å²) in [6, 6.07) is 8.08. The van der Waals surface area contributed by atoms with Gasteiger partial charge in [-0.25, -0.2) is 0 Å². The summed E-state index contributed by atoms with van der Waals surface area (Å²) < 4.78 is 0. The molecule has 0 amide bonds. The maximum absolute atomic E-state index is 6.23. The second kappa shape index (κ2) is 6.65. The maximum Gasteiger partial charge on any atom is 0.0639 e. The second-order valence-electron chi connectivity index (χ2n) is 5.00. The molecule has 18 heavy (non-hydrogen) atoms. The Labute approximate surface area is 119 Å². The molecule has 0 N–H and O–H groups in total. The van der Waals surface area contributed by atoms with Crippen molar-refractivity contribution < 1.29 is 0 Å². The van der Waals surface area contributed by atoms with Crippen LogP contribution in [0.5, 0.6) is 0 Å². The normalized spacial score (nSPS) is 18.9. The lowest BCUT2D eigenvalue weighted by Gasteiger charge is -2.37. The van der Waals surface area contributed by atoms with Crippen molar-refractivity contribution in [3.05, 3.63) is 29.3 Å². The summed E-state index contributed by atoms with van der Waals surface area (Å²) in [6.45, 7) is 7.56. The summed E-state index contributed by atoms with van der Waals surface area (Å²) in [6.07, 6.45) is 0. The van der Waals surface area contributed by atoms with E-state index in [4.69, 9.17) is 23.2 Å². The van der Waals surface area contributed by atoms with Gasteiger partial charge in [-0.05, 0) is 18.1 Å². The van der Waals surface area contributed by atoms with E-state index in [1.807, 2.05) is 18.2 Å². The molecule has 1 aromatic carbocycles. The van der Waals surface area contributed by atoms with Gasteiger partial charge in [0, 0.05) is 38.6 Å². The van der Waals surface area contributed by atoms with Crippen LogP contribution in [0.15, 0.2) is 24.3 Å². The first-order chi connectivity index (χ1) is 8.70. The zero-order valence-electron chi connectivity index (χ0n) is 10.8. The smallest absolute Gasteiger partial charge is 0.0639 e. The highest BCUT2D eigenvalue weighted by atomic mass is 35.5. The number of hydrogen-bond acceptors (Lipinski definition) is 2. The predicted octanol–water partition coefficient (Wildman–Crippen LogP) is 3.34. The first kappa shape index (κ1) is 14.0. The highest BCUT2D eigenvalue weighted by molar-refractivity contribution is 6.33. The second-order valence-corrected chi connectivity index (χ2v) is 5.71. The summed E-state index contributed by atoms with van der Waals surface area (Å²) in [7, 11) is 0. The summed E-state index contributed by atoms with van der Waals surface area (Å²) in [5, 5.41) is 0.847. The van der Waals surface area contributed by atoms with Crippen molar-refractivity contribution in [3.8, 4) is 0 Å². The summed E-state index contributed by atoms with van der Waals surface area (Å²) >= 11 is 12.1. The van der Waals surface area contributed by atoms with E-state index in [1.165, 1.54) is 0 Å². The molecule has 1 aromatic rings. The van der Waals surface area contributed by atoms with E-state index in [0.717, 1.165) is 49.3 Å². The van der Waals surface area contributed by atoms with Crippen LogP contribution in [0.25, 0.3) is 0 Å². The van der Waals surface area contributed by atoms with Crippen molar-refractivity contribution in [2.75, 3.05) is 43.5 Å². The van der Waals surface area contributed by atoms with Gasteiger partial charge < -0.3 is 4.90 Å². The average molecular weight is 287 g/mol. The average Bonchev–Trinajstić information content (AvgIpc) is 2.40. The van der Waals surface area contributed by atoms with E-state index in [0.29, 0.717) is 5.92 Å². The number of halogens is 2. The van der Waals surface area contributed by atoms with Gasteiger partial charge in [0.25, 0.3) is 0 Å².